The number of rotatable bonds is 4. The summed E-state index contributed by atoms with van der Waals surface area (Å²) in [6.07, 6.45) is 9.00. The standard InChI is InChI=1S/C20H31N3OS.CH2O2/c1-15-18(25-16(2)21-15)12-22-10-6-9-20(13-22)14-23(19(20)24)11-17-7-4-3-5-8-17;2-1-3/h17H,3-14H2,1-2H3;1H,(H,2,3). The number of β-lactam (4-membered cyclic amide) rings is 1. The van der Waals surface area contributed by atoms with Crippen molar-refractivity contribution in [2.24, 2.45) is 11.3 Å². The van der Waals surface area contributed by atoms with Crippen molar-refractivity contribution in [1.82, 2.24) is 14.8 Å². The van der Waals surface area contributed by atoms with Gasteiger partial charge in [0.2, 0.25) is 5.91 Å². The molecule has 1 saturated carbocycles. The first kappa shape index (κ1) is 21.2. The van der Waals surface area contributed by atoms with Crippen molar-refractivity contribution in [3.63, 3.8) is 0 Å². The normalized spacial score (nSPS) is 25.9. The number of aromatic nitrogens is 1. The zero-order valence-corrected chi connectivity index (χ0v) is 18.0. The summed E-state index contributed by atoms with van der Waals surface area (Å²) in [5.41, 5.74) is 1.10. The molecule has 0 aromatic carbocycles. The van der Waals surface area contributed by atoms with Crippen LogP contribution in [0.1, 0.15) is 60.5 Å². The van der Waals surface area contributed by atoms with E-state index in [1.165, 1.54) is 42.7 Å². The molecule has 1 aromatic rings. The van der Waals surface area contributed by atoms with Crippen LogP contribution in [0.3, 0.4) is 0 Å². The van der Waals surface area contributed by atoms with Crippen LogP contribution in [0.15, 0.2) is 0 Å². The first-order chi connectivity index (χ1) is 13.5. The van der Waals surface area contributed by atoms with Crippen LogP contribution in [-0.4, -0.2) is 58.4 Å². The Morgan fingerprint density at radius 3 is 2.54 bits per heavy atom. The van der Waals surface area contributed by atoms with Crippen LogP contribution in [0, 0.1) is 25.2 Å². The number of amides is 1. The molecule has 1 unspecified atom stereocenters. The van der Waals surface area contributed by atoms with Gasteiger partial charge in [-0.15, -0.1) is 11.3 Å². The summed E-state index contributed by atoms with van der Waals surface area (Å²) < 4.78 is 0. The number of hydrogen-bond donors (Lipinski definition) is 1. The molecule has 1 N–H and O–H groups in total. The van der Waals surface area contributed by atoms with E-state index in [-0.39, 0.29) is 11.9 Å². The molecule has 1 spiro atoms. The van der Waals surface area contributed by atoms with Crippen molar-refractivity contribution in [2.75, 3.05) is 26.2 Å². The SMILES string of the molecule is Cc1nc(C)c(CN2CCCC3(C2)CN(CC2CCCCC2)C3=O)s1.O=CO. The summed E-state index contributed by atoms with van der Waals surface area (Å²) in [5.74, 6) is 1.21. The van der Waals surface area contributed by atoms with Crippen molar-refractivity contribution < 1.29 is 14.7 Å². The monoisotopic (exact) mass is 407 g/mol. The molecule has 156 valence electrons. The summed E-state index contributed by atoms with van der Waals surface area (Å²) in [4.78, 5) is 31.9. The van der Waals surface area contributed by atoms with Gasteiger partial charge in [0, 0.05) is 31.1 Å². The molecule has 28 heavy (non-hydrogen) atoms. The Kier molecular flexibility index (Phi) is 7.10. The van der Waals surface area contributed by atoms with Gasteiger partial charge >= 0.3 is 0 Å². The molecule has 7 heteroatoms. The molecular formula is C21H33N3O3S. The van der Waals surface area contributed by atoms with Crippen LogP contribution in [-0.2, 0) is 16.1 Å². The van der Waals surface area contributed by atoms with Crippen molar-refractivity contribution in [3.8, 4) is 0 Å². The number of piperidine rings is 1. The van der Waals surface area contributed by atoms with E-state index in [9.17, 15) is 4.79 Å². The quantitative estimate of drug-likeness (QED) is 0.611. The second kappa shape index (κ2) is 9.35. The molecule has 1 atom stereocenters. The molecular weight excluding hydrogens is 374 g/mol. The molecule has 1 aliphatic carbocycles. The second-order valence-corrected chi connectivity index (χ2v) is 9.92. The highest BCUT2D eigenvalue weighted by Crippen LogP contribution is 2.42. The Morgan fingerprint density at radius 1 is 1.21 bits per heavy atom. The molecule has 3 aliphatic rings. The van der Waals surface area contributed by atoms with E-state index < -0.39 is 0 Å². The van der Waals surface area contributed by atoms with Crippen LogP contribution in [0.2, 0.25) is 0 Å². The Bertz CT molecular complexity index is 686. The summed E-state index contributed by atoms with van der Waals surface area (Å²) in [5, 5.41) is 8.04. The van der Waals surface area contributed by atoms with Crippen LogP contribution in [0.5, 0.6) is 0 Å². The predicted octanol–water partition coefficient (Wildman–Crippen LogP) is 3.47. The summed E-state index contributed by atoms with van der Waals surface area (Å²) in [7, 11) is 0. The molecule has 2 saturated heterocycles. The predicted molar refractivity (Wildman–Crippen MR) is 110 cm³/mol. The lowest BCUT2D eigenvalue weighted by Crippen LogP contribution is -2.67. The van der Waals surface area contributed by atoms with Crippen LogP contribution < -0.4 is 0 Å². The zero-order valence-electron chi connectivity index (χ0n) is 17.2. The number of aryl methyl sites for hydroxylation is 2. The summed E-state index contributed by atoms with van der Waals surface area (Å²) in [6.45, 7) is 9.00. The second-order valence-electron chi connectivity index (χ2n) is 8.63. The molecule has 0 bridgehead atoms. The average Bonchev–Trinajstić information content (AvgIpc) is 3.00. The molecule has 1 aromatic heterocycles. The lowest BCUT2D eigenvalue weighted by atomic mass is 9.71. The van der Waals surface area contributed by atoms with Crippen molar-refractivity contribution in [3.05, 3.63) is 15.6 Å². The van der Waals surface area contributed by atoms with E-state index in [1.54, 1.807) is 0 Å². The lowest BCUT2D eigenvalue weighted by molar-refractivity contribution is -0.167. The van der Waals surface area contributed by atoms with Gasteiger partial charge in [-0.1, -0.05) is 19.3 Å². The summed E-state index contributed by atoms with van der Waals surface area (Å²) >= 11 is 1.81. The van der Waals surface area contributed by atoms with Gasteiger partial charge in [0.15, 0.2) is 0 Å². The molecule has 2 aliphatic heterocycles. The third-order valence-electron chi connectivity index (χ3n) is 6.46. The molecule has 6 nitrogen and oxygen atoms in total. The van der Waals surface area contributed by atoms with E-state index in [4.69, 9.17) is 9.90 Å². The maximum atomic E-state index is 13.0. The van der Waals surface area contributed by atoms with Gasteiger partial charge in [-0.3, -0.25) is 14.5 Å². The fraction of sp³-hybridized carbons (Fsp3) is 0.762. The highest BCUT2D eigenvalue weighted by atomic mass is 32.1. The van der Waals surface area contributed by atoms with Gasteiger partial charge in [0.1, 0.15) is 0 Å². The Hall–Kier alpha value is -1.47. The minimum atomic E-state index is -0.250. The highest BCUT2D eigenvalue weighted by Gasteiger charge is 2.53. The van der Waals surface area contributed by atoms with Gasteiger partial charge in [0.05, 0.1) is 16.1 Å². The number of nitrogens with zero attached hydrogens (tertiary/aromatic N) is 3. The van der Waals surface area contributed by atoms with Crippen molar-refractivity contribution in [1.29, 1.82) is 0 Å². The van der Waals surface area contributed by atoms with E-state index in [0.717, 1.165) is 56.5 Å². The number of carbonyl (C=O) groups is 2. The van der Waals surface area contributed by atoms with Crippen LogP contribution in [0.25, 0.3) is 0 Å². The third-order valence-corrected chi connectivity index (χ3v) is 7.52. The third kappa shape index (κ3) is 4.74. The molecule has 1 amide bonds. The fourth-order valence-corrected chi connectivity index (χ4v) is 6.15. The minimum Gasteiger partial charge on any atom is -0.483 e. The van der Waals surface area contributed by atoms with E-state index in [2.05, 4.69) is 28.6 Å². The van der Waals surface area contributed by atoms with Crippen LogP contribution >= 0.6 is 11.3 Å². The molecule has 0 radical (unpaired) electrons. The molecule has 4 rings (SSSR count). The van der Waals surface area contributed by atoms with E-state index in [1.807, 2.05) is 11.3 Å². The number of hydrogen-bond acceptors (Lipinski definition) is 5. The fourth-order valence-electron chi connectivity index (χ4n) is 5.17. The minimum absolute atomic E-state index is 0.0689. The van der Waals surface area contributed by atoms with Gasteiger partial charge in [0.25, 0.3) is 6.47 Å². The van der Waals surface area contributed by atoms with Gasteiger partial charge in [-0.2, -0.15) is 0 Å². The first-order valence-corrected chi connectivity index (χ1v) is 11.3. The van der Waals surface area contributed by atoms with Gasteiger partial charge in [-0.25, -0.2) is 4.98 Å². The number of thiazole rings is 1. The van der Waals surface area contributed by atoms with E-state index >= 15 is 0 Å². The Balaban J connectivity index is 0.000000706. The first-order valence-electron chi connectivity index (χ1n) is 10.5. The maximum Gasteiger partial charge on any atom is 0.290 e. The maximum absolute atomic E-state index is 13.0. The Morgan fingerprint density at radius 2 is 1.93 bits per heavy atom. The largest absolute Gasteiger partial charge is 0.483 e. The van der Waals surface area contributed by atoms with Gasteiger partial charge in [-0.05, 0) is 52.0 Å². The van der Waals surface area contributed by atoms with Crippen molar-refractivity contribution in [2.45, 2.75) is 65.3 Å². The zero-order chi connectivity index (χ0) is 20.1. The topological polar surface area (TPSA) is 73.7 Å². The number of carbonyl (C=O) groups excluding carboxylic acids is 1. The molecule has 3 fully saturated rings. The number of carboxylic acid groups (broad SMARTS) is 1. The number of likely N-dealkylation sites (tertiary alicyclic amines) is 2. The van der Waals surface area contributed by atoms with E-state index in [0.29, 0.717) is 5.91 Å². The smallest absolute Gasteiger partial charge is 0.290 e. The lowest BCUT2D eigenvalue weighted by Gasteiger charge is -2.54. The Labute approximate surface area is 171 Å². The highest BCUT2D eigenvalue weighted by molar-refractivity contribution is 7.11. The molecule has 3 heterocycles. The summed E-state index contributed by atoms with van der Waals surface area (Å²) in [6, 6.07) is 0. The van der Waals surface area contributed by atoms with Crippen molar-refractivity contribution >= 4 is 23.7 Å². The van der Waals surface area contributed by atoms with Gasteiger partial charge < -0.3 is 10.0 Å². The average molecular weight is 408 g/mol. The van der Waals surface area contributed by atoms with Crippen LogP contribution in [0.4, 0.5) is 0 Å².